The topological polar surface area (TPSA) is 128 Å². The standard InChI is InChI=1S/C17H16N4O4S/c1-17(2,3)11-7-26-15(19-11)10-4-8(13(18)23)5-12-20-14(24)9(6-22)16(25)21(10)12/h4-7,24H,1-3H3,(H2,18,23). The van der Waals surface area contributed by atoms with Crippen molar-refractivity contribution >= 4 is 29.2 Å². The summed E-state index contributed by atoms with van der Waals surface area (Å²) in [6, 6.07) is 2.70. The minimum Gasteiger partial charge on any atom is -0.493 e. The van der Waals surface area contributed by atoms with Crippen LogP contribution in [0.15, 0.2) is 22.3 Å². The van der Waals surface area contributed by atoms with Crippen LogP contribution in [0.3, 0.4) is 0 Å². The molecule has 0 aliphatic carbocycles. The largest absolute Gasteiger partial charge is 0.493 e. The first-order chi connectivity index (χ1) is 12.1. The summed E-state index contributed by atoms with van der Waals surface area (Å²) >= 11 is 1.29. The molecule has 3 aromatic heterocycles. The number of carbonyl (C=O) groups is 2. The first kappa shape index (κ1) is 17.7. The van der Waals surface area contributed by atoms with Gasteiger partial charge in [0.15, 0.2) is 6.29 Å². The second kappa shape index (κ2) is 6.03. The van der Waals surface area contributed by atoms with Crippen molar-refractivity contribution in [3.8, 4) is 16.6 Å². The maximum absolute atomic E-state index is 12.7. The van der Waals surface area contributed by atoms with E-state index in [-0.39, 0.29) is 28.6 Å². The zero-order valence-electron chi connectivity index (χ0n) is 14.3. The molecular formula is C17H16N4O4S. The third kappa shape index (κ3) is 2.86. The first-order valence-corrected chi connectivity index (χ1v) is 8.52. The van der Waals surface area contributed by atoms with Crippen molar-refractivity contribution in [2.75, 3.05) is 0 Å². The SMILES string of the molecule is CC(C)(C)c1csc(-c2cc(C(N)=O)cc3nc(O)c(C=O)c(=O)n23)n1. The number of aldehydes is 1. The summed E-state index contributed by atoms with van der Waals surface area (Å²) in [6.07, 6.45) is 0.241. The molecule has 0 saturated heterocycles. The van der Waals surface area contributed by atoms with Gasteiger partial charge in [-0.3, -0.25) is 18.8 Å². The normalized spacial score (nSPS) is 11.7. The molecule has 0 unspecified atom stereocenters. The number of amides is 1. The van der Waals surface area contributed by atoms with Crippen LogP contribution in [-0.2, 0) is 5.41 Å². The number of aromatic hydroxyl groups is 1. The Bertz CT molecular complexity index is 1110. The van der Waals surface area contributed by atoms with Gasteiger partial charge in [-0.05, 0) is 12.1 Å². The fraction of sp³-hybridized carbons (Fsp3) is 0.235. The molecule has 0 fully saturated rings. The number of carbonyl (C=O) groups excluding carboxylic acids is 2. The van der Waals surface area contributed by atoms with Crippen molar-refractivity contribution in [1.82, 2.24) is 14.4 Å². The highest BCUT2D eigenvalue weighted by Crippen LogP contribution is 2.30. The predicted molar refractivity (Wildman–Crippen MR) is 96.8 cm³/mol. The molecule has 0 bridgehead atoms. The van der Waals surface area contributed by atoms with Crippen LogP contribution in [0, 0.1) is 0 Å². The fourth-order valence-electron chi connectivity index (χ4n) is 2.40. The Labute approximate surface area is 152 Å². The molecule has 3 aromatic rings. The molecule has 1 amide bonds. The van der Waals surface area contributed by atoms with Gasteiger partial charge in [-0.2, -0.15) is 4.98 Å². The van der Waals surface area contributed by atoms with Gasteiger partial charge in [0, 0.05) is 16.4 Å². The summed E-state index contributed by atoms with van der Waals surface area (Å²) in [5.74, 6) is -1.42. The number of rotatable bonds is 3. The lowest BCUT2D eigenvalue weighted by Gasteiger charge is -2.14. The minimum atomic E-state index is -0.749. The summed E-state index contributed by atoms with van der Waals surface area (Å²) in [4.78, 5) is 43.9. The zero-order valence-corrected chi connectivity index (χ0v) is 15.1. The van der Waals surface area contributed by atoms with E-state index in [1.807, 2.05) is 26.2 Å². The van der Waals surface area contributed by atoms with Crippen molar-refractivity contribution in [2.24, 2.45) is 5.73 Å². The van der Waals surface area contributed by atoms with Gasteiger partial charge in [0.25, 0.3) is 5.56 Å². The van der Waals surface area contributed by atoms with Gasteiger partial charge in [-0.1, -0.05) is 20.8 Å². The van der Waals surface area contributed by atoms with Crippen LogP contribution in [0.5, 0.6) is 5.88 Å². The van der Waals surface area contributed by atoms with E-state index in [1.165, 1.54) is 23.5 Å². The second-order valence-electron chi connectivity index (χ2n) is 6.75. The van der Waals surface area contributed by atoms with Gasteiger partial charge in [-0.25, -0.2) is 4.98 Å². The van der Waals surface area contributed by atoms with Crippen LogP contribution < -0.4 is 11.3 Å². The van der Waals surface area contributed by atoms with Gasteiger partial charge in [0.1, 0.15) is 16.2 Å². The number of thiazole rings is 1. The van der Waals surface area contributed by atoms with Gasteiger partial charge in [0.05, 0.1) is 11.4 Å². The van der Waals surface area contributed by atoms with Gasteiger partial charge in [-0.15, -0.1) is 11.3 Å². The second-order valence-corrected chi connectivity index (χ2v) is 7.61. The number of nitrogens with two attached hydrogens (primary N) is 1. The van der Waals surface area contributed by atoms with E-state index < -0.39 is 22.9 Å². The van der Waals surface area contributed by atoms with E-state index in [4.69, 9.17) is 5.73 Å². The number of nitrogens with zero attached hydrogens (tertiary/aromatic N) is 3. The molecule has 134 valence electrons. The molecular weight excluding hydrogens is 356 g/mol. The zero-order chi connectivity index (χ0) is 19.2. The summed E-state index contributed by atoms with van der Waals surface area (Å²) in [7, 11) is 0. The lowest BCUT2D eigenvalue weighted by Crippen LogP contribution is -2.22. The molecule has 3 N–H and O–H groups in total. The Balaban J connectivity index is 2.42. The molecule has 0 aromatic carbocycles. The highest BCUT2D eigenvalue weighted by molar-refractivity contribution is 7.13. The molecule has 0 saturated carbocycles. The minimum absolute atomic E-state index is 0.00286. The van der Waals surface area contributed by atoms with Gasteiger partial charge < -0.3 is 10.8 Å². The van der Waals surface area contributed by atoms with Crippen LogP contribution in [0.25, 0.3) is 16.3 Å². The van der Waals surface area contributed by atoms with E-state index >= 15 is 0 Å². The van der Waals surface area contributed by atoms with Crippen LogP contribution in [-0.4, -0.2) is 31.7 Å². The van der Waals surface area contributed by atoms with E-state index in [0.717, 1.165) is 10.1 Å². The maximum Gasteiger partial charge on any atom is 0.272 e. The number of hydrogen-bond donors (Lipinski definition) is 2. The Morgan fingerprint density at radius 1 is 1.31 bits per heavy atom. The summed E-state index contributed by atoms with van der Waals surface area (Å²) in [5, 5.41) is 12.1. The number of aromatic nitrogens is 3. The highest BCUT2D eigenvalue weighted by atomic mass is 32.1. The number of hydrogen-bond acceptors (Lipinski definition) is 7. The molecule has 0 atom stereocenters. The lowest BCUT2D eigenvalue weighted by atomic mass is 9.93. The van der Waals surface area contributed by atoms with Crippen LogP contribution >= 0.6 is 11.3 Å². The molecule has 0 radical (unpaired) electrons. The van der Waals surface area contributed by atoms with E-state index in [1.54, 1.807) is 0 Å². The van der Waals surface area contributed by atoms with Crippen molar-refractivity contribution in [3.05, 3.63) is 44.7 Å². The van der Waals surface area contributed by atoms with Crippen molar-refractivity contribution in [2.45, 2.75) is 26.2 Å². The molecule has 0 aliphatic rings. The third-order valence-corrected chi connectivity index (χ3v) is 4.70. The maximum atomic E-state index is 12.7. The Morgan fingerprint density at radius 3 is 2.54 bits per heavy atom. The molecule has 3 heterocycles. The summed E-state index contributed by atoms with van der Waals surface area (Å²) in [5.41, 5.74) is 5.14. The van der Waals surface area contributed by atoms with Crippen molar-refractivity contribution in [1.29, 1.82) is 0 Å². The first-order valence-electron chi connectivity index (χ1n) is 7.64. The summed E-state index contributed by atoms with van der Waals surface area (Å²) in [6.45, 7) is 6.00. The number of primary amides is 1. The van der Waals surface area contributed by atoms with E-state index in [9.17, 15) is 19.5 Å². The van der Waals surface area contributed by atoms with Gasteiger partial charge >= 0.3 is 0 Å². The monoisotopic (exact) mass is 372 g/mol. The third-order valence-electron chi connectivity index (χ3n) is 3.84. The average Bonchev–Trinajstić information content (AvgIpc) is 3.04. The number of pyridine rings is 1. The van der Waals surface area contributed by atoms with E-state index in [2.05, 4.69) is 9.97 Å². The molecule has 9 heteroatoms. The Hall–Kier alpha value is -3.07. The molecule has 0 spiro atoms. The Kier molecular flexibility index (Phi) is 4.11. The van der Waals surface area contributed by atoms with Crippen molar-refractivity contribution < 1.29 is 14.7 Å². The molecule has 0 aliphatic heterocycles. The lowest BCUT2D eigenvalue weighted by molar-refractivity contribution is 0.0999. The fourth-order valence-corrected chi connectivity index (χ4v) is 3.45. The smallest absolute Gasteiger partial charge is 0.272 e. The van der Waals surface area contributed by atoms with Crippen LogP contribution in [0.2, 0.25) is 0 Å². The van der Waals surface area contributed by atoms with Crippen LogP contribution in [0.4, 0.5) is 0 Å². The highest BCUT2D eigenvalue weighted by Gasteiger charge is 2.22. The average molecular weight is 372 g/mol. The molecule has 26 heavy (non-hydrogen) atoms. The quantitative estimate of drug-likeness (QED) is 0.674. The van der Waals surface area contributed by atoms with E-state index in [0.29, 0.717) is 5.01 Å². The van der Waals surface area contributed by atoms with Gasteiger partial charge in [0.2, 0.25) is 11.8 Å². The predicted octanol–water partition coefficient (Wildman–Crippen LogP) is 1.73. The summed E-state index contributed by atoms with van der Waals surface area (Å²) < 4.78 is 1.14. The molecule has 3 rings (SSSR count). The van der Waals surface area contributed by atoms with Crippen LogP contribution in [0.1, 0.15) is 47.2 Å². The molecule has 8 nitrogen and oxygen atoms in total. The Morgan fingerprint density at radius 2 is 2.00 bits per heavy atom. The number of fused-ring (bicyclic) bond motifs is 1. The van der Waals surface area contributed by atoms with Crippen molar-refractivity contribution in [3.63, 3.8) is 0 Å².